The predicted molar refractivity (Wildman–Crippen MR) is 86.9 cm³/mol. The van der Waals surface area contributed by atoms with Gasteiger partial charge in [-0.2, -0.15) is 0 Å². The fraction of sp³-hybridized carbons (Fsp3) is 0.235. The van der Waals surface area contributed by atoms with E-state index in [9.17, 15) is 9.59 Å². The van der Waals surface area contributed by atoms with E-state index in [0.29, 0.717) is 18.8 Å². The van der Waals surface area contributed by atoms with Crippen molar-refractivity contribution in [3.05, 3.63) is 54.4 Å². The first kappa shape index (κ1) is 16.5. The van der Waals surface area contributed by atoms with Crippen molar-refractivity contribution in [2.75, 3.05) is 11.9 Å². The summed E-state index contributed by atoms with van der Waals surface area (Å²) in [4.78, 5) is 27.5. The minimum Gasteiger partial charge on any atom is -0.494 e. The number of hydrogen-bond acceptors (Lipinski definition) is 4. The molecule has 1 aromatic carbocycles. The van der Waals surface area contributed by atoms with Crippen LogP contribution in [0.1, 0.15) is 18.9 Å². The Morgan fingerprint density at radius 2 is 1.74 bits per heavy atom. The Balaban J connectivity index is 1.76. The van der Waals surface area contributed by atoms with Crippen LogP contribution in [0.5, 0.6) is 5.75 Å². The Hall–Kier alpha value is -2.89. The average Bonchev–Trinajstić information content (AvgIpc) is 2.56. The molecule has 2 rings (SSSR count). The maximum absolute atomic E-state index is 11.8. The van der Waals surface area contributed by atoms with Crippen LogP contribution in [-0.2, 0) is 16.1 Å². The summed E-state index contributed by atoms with van der Waals surface area (Å²) in [6, 6.07) is 10.6. The summed E-state index contributed by atoms with van der Waals surface area (Å²) in [6.07, 6.45) is 3.08. The van der Waals surface area contributed by atoms with Crippen molar-refractivity contribution < 1.29 is 14.3 Å². The molecule has 0 bridgehead atoms. The first-order valence-corrected chi connectivity index (χ1v) is 7.35. The van der Waals surface area contributed by atoms with Crippen LogP contribution in [0.2, 0.25) is 0 Å². The molecule has 0 aliphatic heterocycles. The summed E-state index contributed by atoms with van der Waals surface area (Å²) in [5.74, 6) is 0.0484. The van der Waals surface area contributed by atoms with Crippen LogP contribution in [0, 0.1) is 0 Å². The molecular weight excluding hydrogens is 294 g/mol. The van der Waals surface area contributed by atoms with Gasteiger partial charge >= 0.3 is 0 Å². The monoisotopic (exact) mass is 313 g/mol. The fourth-order valence-electron chi connectivity index (χ4n) is 1.92. The third kappa shape index (κ3) is 5.78. The second-order valence-corrected chi connectivity index (χ2v) is 4.81. The van der Waals surface area contributed by atoms with Gasteiger partial charge in [-0.3, -0.25) is 14.6 Å². The Morgan fingerprint density at radius 3 is 2.39 bits per heavy atom. The van der Waals surface area contributed by atoms with E-state index in [-0.39, 0.29) is 18.2 Å². The maximum Gasteiger partial charge on any atom is 0.233 e. The third-order valence-corrected chi connectivity index (χ3v) is 3.01. The Kier molecular flexibility index (Phi) is 6.11. The van der Waals surface area contributed by atoms with Gasteiger partial charge in [-0.15, -0.1) is 0 Å². The first-order valence-electron chi connectivity index (χ1n) is 7.35. The highest BCUT2D eigenvalue weighted by Gasteiger charge is 2.09. The molecule has 1 aromatic heterocycles. The molecule has 2 N–H and O–H groups in total. The van der Waals surface area contributed by atoms with Gasteiger partial charge in [-0.05, 0) is 48.9 Å². The lowest BCUT2D eigenvalue weighted by Crippen LogP contribution is -2.27. The fourth-order valence-corrected chi connectivity index (χ4v) is 1.92. The third-order valence-electron chi connectivity index (χ3n) is 3.01. The zero-order chi connectivity index (χ0) is 16.5. The lowest BCUT2D eigenvalue weighted by atomic mass is 10.2. The van der Waals surface area contributed by atoms with Crippen LogP contribution in [0.25, 0.3) is 0 Å². The van der Waals surface area contributed by atoms with Gasteiger partial charge in [0.2, 0.25) is 11.8 Å². The second kappa shape index (κ2) is 8.53. The molecule has 23 heavy (non-hydrogen) atoms. The average molecular weight is 313 g/mol. The summed E-state index contributed by atoms with van der Waals surface area (Å²) >= 11 is 0. The van der Waals surface area contributed by atoms with Crippen molar-refractivity contribution in [2.24, 2.45) is 0 Å². The van der Waals surface area contributed by atoms with Gasteiger partial charge in [0.25, 0.3) is 0 Å². The molecule has 0 aliphatic carbocycles. The largest absolute Gasteiger partial charge is 0.494 e. The zero-order valence-corrected chi connectivity index (χ0v) is 12.9. The highest BCUT2D eigenvalue weighted by molar-refractivity contribution is 6.03. The molecule has 0 fully saturated rings. The van der Waals surface area contributed by atoms with Gasteiger partial charge in [0, 0.05) is 24.6 Å². The summed E-state index contributed by atoms with van der Waals surface area (Å²) in [5.41, 5.74) is 1.56. The minimum atomic E-state index is -0.360. The van der Waals surface area contributed by atoms with Crippen LogP contribution < -0.4 is 15.4 Å². The number of aromatic nitrogens is 1. The van der Waals surface area contributed by atoms with Crippen LogP contribution in [0.15, 0.2) is 48.8 Å². The topological polar surface area (TPSA) is 80.3 Å². The van der Waals surface area contributed by atoms with Crippen LogP contribution in [-0.4, -0.2) is 23.4 Å². The highest BCUT2D eigenvalue weighted by atomic mass is 16.5. The van der Waals surface area contributed by atoms with Gasteiger partial charge < -0.3 is 15.4 Å². The van der Waals surface area contributed by atoms with E-state index < -0.39 is 0 Å². The van der Waals surface area contributed by atoms with Gasteiger partial charge in [-0.1, -0.05) is 0 Å². The first-order chi connectivity index (χ1) is 11.2. The molecule has 2 amide bonds. The van der Waals surface area contributed by atoms with Crippen molar-refractivity contribution in [3.8, 4) is 5.75 Å². The number of nitrogens with one attached hydrogen (secondary N) is 2. The number of carbonyl (C=O) groups is 2. The number of amides is 2. The molecule has 6 nitrogen and oxygen atoms in total. The Labute approximate surface area is 134 Å². The minimum absolute atomic E-state index is 0.224. The maximum atomic E-state index is 11.8. The quantitative estimate of drug-likeness (QED) is 0.767. The smallest absolute Gasteiger partial charge is 0.233 e. The van der Waals surface area contributed by atoms with Crippen LogP contribution in [0.3, 0.4) is 0 Å². The van der Waals surface area contributed by atoms with Crippen molar-refractivity contribution in [1.82, 2.24) is 10.3 Å². The number of anilines is 1. The summed E-state index contributed by atoms with van der Waals surface area (Å²) in [6.45, 7) is 2.86. The van der Waals surface area contributed by atoms with E-state index >= 15 is 0 Å². The number of pyridine rings is 1. The van der Waals surface area contributed by atoms with Gasteiger partial charge in [0.05, 0.1) is 6.61 Å². The van der Waals surface area contributed by atoms with E-state index in [1.54, 1.807) is 48.8 Å². The van der Waals surface area contributed by atoms with Gasteiger partial charge in [0.15, 0.2) is 0 Å². The molecule has 0 saturated carbocycles. The SMILES string of the molecule is CCOc1ccc(NC(=O)CC(=O)NCc2ccncc2)cc1. The zero-order valence-electron chi connectivity index (χ0n) is 12.9. The molecule has 0 spiro atoms. The number of carbonyl (C=O) groups excluding carboxylic acids is 2. The molecule has 0 atom stereocenters. The molecule has 0 aliphatic rings. The summed E-state index contributed by atoms with van der Waals surface area (Å²) in [5, 5.41) is 5.37. The number of ether oxygens (including phenoxy) is 1. The normalized spacial score (nSPS) is 9.96. The van der Waals surface area contributed by atoms with E-state index in [0.717, 1.165) is 11.3 Å². The van der Waals surface area contributed by atoms with E-state index in [4.69, 9.17) is 4.74 Å². The lowest BCUT2D eigenvalue weighted by Gasteiger charge is -2.08. The number of hydrogen-bond donors (Lipinski definition) is 2. The van der Waals surface area contributed by atoms with E-state index in [1.165, 1.54) is 0 Å². The van der Waals surface area contributed by atoms with E-state index in [2.05, 4.69) is 15.6 Å². The van der Waals surface area contributed by atoms with E-state index in [1.807, 2.05) is 6.92 Å². The lowest BCUT2D eigenvalue weighted by molar-refractivity contribution is -0.126. The summed E-state index contributed by atoms with van der Waals surface area (Å²) in [7, 11) is 0. The number of nitrogens with zero attached hydrogens (tertiary/aromatic N) is 1. The predicted octanol–water partition coefficient (Wildman–Crippen LogP) is 2.13. The number of benzene rings is 1. The second-order valence-electron chi connectivity index (χ2n) is 4.81. The van der Waals surface area contributed by atoms with Crippen LogP contribution in [0.4, 0.5) is 5.69 Å². The molecule has 0 unspecified atom stereocenters. The van der Waals surface area contributed by atoms with Crippen molar-refractivity contribution >= 4 is 17.5 Å². The Morgan fingerprint density at radius 1 is 1.04 bits per heavy atom. The van der Waals surface area contributed by atoms with Crippen LogP contribution >= 0.6 is 0 Å². The van der Waals surface area contributed by atoms with Crippen molar-refractivity contribution in [3.63, 3.8) is 0 Å². The molecule has 2 aromatic rings. The molecule has 120 valence electrons. The molecule has 0 radical (unpaired) electrons. The van der Waals surface area contributed by atoms with Gasteiger partial charge in [-0.25, -0.2) is 0 Å². The molecule has 0 saturated heterocycles. The molecule has 1 heterocycles. The standard InChI is InChI=1S/C17H19N3O3/c1-2-23-15-5-3-14(4-6-15)20-17(22)11-16(21)19-12-13-7-9-18-10-8-13/h3-10H,2,11-12H2,1H3,(H,19,21)(H,20,22). The van der Waals surface area contributed by atoms with Gasteiger partial charge in [0.1, 0.15) is 12.2 Å². The molecular formula is C17H19N3O3. The molecule has 6 heteroatoms. The highest BCUT2D eigenvalue weighted by Crippen LogP contribution is 2.15. The Bertz CT molecular complexity index is 642. The van der Waals surface area contributed by atoms with Crippen molar-refractivity contribution in [2.45, 2.75) is 19.9 Å². The number of rotatable bonds is 7. The van der Waals surface area contributed by atoms with Crippen molar-refractivity contribution in [1.29, 1.82) is 0 Å². The summed E-state index contributed by atoms with van der Waals surface area (Å²) < 4.78 is 5.32.